The van der Waals surface area contributed by atoms with Crippen molar-refractivity contribution < 1.29 is 14.3 Å². The van der Waals surface area contributed by atoms with Crippen LogP contribution in [-0.2, 0) is 16.6 Å². The van der Waals surface area contributed by atoms with Crippen molar-refractivity contribution in [1.82, 2.24) is 9.78 Å². The van der Waals surface area contributed by atoms with E-state index in [-0.39, 0.29) is 23.2 Å². The molecule has 0 aliphatic heterocycles. The molecule has 6 nitrogen and oxygen atoms in total. The highest BCUT2D eigenvalue weighted by molar-refractivity contribution is 6.32. The molecule has 2 rings (SSSR count). The van der Waals surface area contributed by atoms with Crippen molar-refractivity contribution in [3.8, 4) is 0 Å². The first-order chi connectivity index (χ1) is 11.0. The Bertz CT molecular complexity index is 713. The molecule has 7 heteroatoms. The van der Waals surface area contributed by atoms with Gasteiger partial charge in [0.25, 0.3) is 5.91 Å². The Balaban J connectivity index is 2.05. The molecule has 0 N–H and O–H groups in total. The van der Waals surface area contributed by atoms with Crippen LogP contribution in [0, 0.1) is 6.92 Å². The maximum atomic E-state index is 12.3. The Labute approximate surface area is 139 Å². The van der Waals surface area contributed by atoms with Gasteiger partial charge in [-0.15, -0.1) is 0 Å². The molecule has 0 bridgehead atoms. The second kappa shape index (κ2) is 7.28. The summed E-state index contributed by atoms with van der Waals surface area (Å²) in [5, 5.41) is 4.24. The van der Waals surface area contributed by atoms with Crippen molar-refractivity contribution in [3.05, 3.63) is 46.7 Å². The Kier molecular flexibility index (Phi) is 5.39. The third-order valence-electron chi connectivity index (χ3n) is 3.37. The second-order valence-corrected chi connectivity index (χ2v) is 5.28. The predicted octanol–water partition coefficient (Wildman–Crippen LogP) is 2.59. The molecule has 1 amide bonds. The average molecular weight is 336 g/mol. The molecule has 23 heavy (non-hydrogen) atoms. The van der Waals surface area contributed by atoms with E-state index in [0.717, 1.165) is 5.69 Å². The standard InChI is InChI=1S/C16H18ClN3O3/c1-4-20(12-8-6-5-7-9-12)13(21)10-23-16(22)14-11(2)18-19(3)15(14)17/h5-9H,4,10H2,1-3H3. The fraction of sp³-hybridized carbons (Fsp3) is 0.312. The van der Waals surface area contributed by atoms with Gasteiger partial charge in [0, 0.05) is 19.3 Å². The molecular weight excluding hydrogens is 318 g/mol. The van der Waals surface area contributed by atoms with Crippen LogP contribution in [0.1, 0.15) is 23.0 Å². The van der Waals surface area contributed by atoms with Gasteiger partial charge in [0.05, 0.1) is 5.69 Å². The molecule has 0 aliphatic carbocycles. The first kappa shape index (κ1) is 17.0. The number of amides is 1. The summed E-state index contributed by atoms with van der Waals surface area (Å²) in [6.45, 7) is 3.64. The van der Waals surface area contributed by atoms with Crippen molar-refractivity contribution >= 4 is 29.2 Å². The average Bonchev–Trinajstić information content (AvgIpc) is 2.79. The quantitative estimate of drug-likeness (QED) is 0.788. The highest BCUT2D eigenvalue weighted by Gasteiger charge is 2.22. The van der Waals surface area contributed by atoms with Gasteiger partial charge in [-0.2, -0.15) is 5.10 Å². The number of anilines is 1. The van der Waals surface area contributed by atoms with Crippen LogP contribution in [0.2, 0.25) is 5.15 Å². The first-order valence-corrected chi connectivity index (χ1v) is 7.55. The van der Waals surface area contributed by atoms with Gasteiger partial charge in [-0.3, -0.25) is 9.48 Å². The first-order valence-electron chi connectivity index (χ1n) is 7.17. The predicted molar refractivity (Wildman–Crippen MR) is 87.7 cm³/mol. The van der Waals surface area contributed by atoms with Crippen LogP contribution in [0.4, 0.5) is 5.69 Å². The number of carbonyl (C=O) groups is 2. The molecule has 0 fully saturated rings. The zero-order valence-corrected chi connectivity index (χ0v) is 14.0. The monoisotopic (exact) mass is 335 g/mol. The Morgan fingerprint density at radius 1 is 1.30 bits per heavy atom. The van der Waals surface area contributed by atoms with Gasteiger partial charge < -0.3 is 9.64 Å². The van der Waals surface area contributed by atoms with E-state index < -0.39 is 5.97 Å². The SMILES string of the molecule is CCN(C(=O)COC(=O)c1c(C)nn(C)c1Cl)c1ccccc1. The fourth-order valence-corrected chi connectivity index (χ4v) is 2.50. The normalized spacial score (nSPS) is 10.4. The van der Waals surface area contributed by atoms with Gasteiger partial charge in [-0.1, -0.05) is 29.8 Å². The summed E-state index contributed by atoms with van der Waals surface area (Å²) < 4.78 is 6.49. The molecule has 1 heterocycles. The molecule has 0 aliphatic rings. The van der Waals surface area contributed by atoms with E-state index >= 15 is 0 Å². The molecule has 0 atom stereocenters. The van der Waals surface area contributed by atoms with Gasteiger partial charge >= 0.3 is 5.97 Å². The summed E-state index contributed by atoms with van der Waals surface area (Å²) in [5.74, 6) is -0.956. The topological polar surface area (TPSA) is 64.4 Å². The third kappa shape index (κ3) is 3.71. The van der Waals surface area contributed by atoms with Gasteiger partial charge in [0.2, 0.25) is 0 Å². The number of carbonyl (C=O) groups excluding carboxylic acids is 2. The van der Waals surface area contributed by atoms with Crippen LogP contribution in [0.5, 0.6) is 0 Å². The number of nitrogens with zero attached hydrogens (tertiary/aromatic N) is 3. The van der Waals surface area contributed by atoms with E-state index in [1.54, 1.807) is 18.9 Å². The van der Waals surface area contributed by atoms with Crippen LogP contribution >= 0.6 is 11.6 Å². The van der Waals surface area contributed by atoms with Crippen LogP contribution < -0.4 is 4.90 Å². The molecule has 2 aromatic rings. The number of halogens is 1. The second-order valence-electron chi connectivity index (χ2n) is 4.92. The number of hydrogen-bond donors (Lipinski definition) is 0. The van der Waals surface area contributed by atoms with Gasteiger partial charge in [0.1, 0.15) is 10.7 Å². The third-order valence-corrected chi connectivity index (χ3v) is 3.80. The molecule has 0 unspecified atom stereocenters. The maximum Gasteiger partial charge on any atom is 0.343 e. The van der Waals surface area contributed by atoms with E-state index in [9.17, 15) is 9.59 Å². The summed E-state index contributed by atoms with van der Waals surface area (Å²) in [7, 11) is 1.63. The van der Waals surface area contributed by atoms with Crippen molar-refractivity contribution in [2.45, 2.75) is 13.8 Å². The van der Waals surface area contributed by atoms with Crippen LogP contribution in [0.15, 0.2) is 30.3 Å². The van der Waals surface area contributed by atoms with Crippen molar-refractivity contribution in [1.29, 1.82) is 0 Å². The number of aryl methyl sites for hydroxylation is 2. The Morgan fingerprint density at radius 2 is 1.96 bits per heavy atom. The van der Waals surface area contributed by atoms with Gasteiger partial charge in [-0.25, -0.2) is 4.79 Å². The highest BCUT2D eigenvalue weighted by atomic mass is 35.5. The molecule has 0 radical (unpaired) electrons. The van der Waals surface area contributed by atoms with E-state index in [4.69, 9.17) is 16.3 Å². The van der Waals surface area contributed by atoms with Crippen LogP contribution in [0.3, 0.4) is 0 Å². The fourth-order valence-electron chi connectivity index (χ4n) is 2.25. The van der Waals surface area contributed by atoms with E-state index in [0.29, 0.717) is 12.2 Å². The molecular formula is C16H18ClN3O3. The lowest BCUT2D eigenvalue weighted by Gasteiger charge is -2.20. The molecule has 1 aromatic heterocycles. The number of para-hydroxylation sites is 1. The smallest absolute Gasteiger partial charge is 0.343 e. The number of rotatable bonds is 5. The molecule has 122 valence electrons. The number of ether oxygens (including phenoxy) is 1. The zero-order chi connectivity index (χ0) is 17.0. The zero-order valence-electron chi connectivity index (χ0n) is 13.2. The summed E-state index contributed by atoms with van der Waals surface area (Å²) in [6.07, 6.45) is 0. The number of benzene rings is 1. The Morgan fingerprint density at radius 3 is 2.48 bits per heavy atom. The summed E-state index contributed by atoms with van der Waals surface area (Å²) in [4.78, 5) is 25.9. The van der Waals surface area contributed by atoms with E-state index in [2.05, 4.69) is 5.10 Å². The number of likely N-dealkylation sites (N-methyl/N-ethyl adjacent to an activating group) is 1. The Hall–Kier alpha value is -2.34. The number of hydrogen-bond acceptors (Lipinski definition) is 4. The molecule has 0 saturated carbocycles. The summed E-state index contributed by atoms with van der Waals surface area (Å²) in [6, 6.07) is 9.21. The molecule has 0 spiro atoms. The van der Waals surface area contributed by atoms with Crippen molar-refractivity contribution in [3.63, 3.8) is 0 Å². The minimum absolute atomic E-state index is 0.185. The van der Waals surface area contributed by atoms with E-state index in [1.807, 2.05) is 37.3 Å². The molecule has 1 aromatic carbocycles. The minimum Gasteiger partial charge on any atom is -0.452 e. The number of esters is 1. The van der Waals surface area contributed by atoms with Crippen LogP contribution in [-0.4, -0.2) is 34.8 Å². The lowest BCUT2D eigenvalue weighted by molar-refractivity contribution is -0.121. The van der Waals surface area contributed by atoms with Gasteiger partial charge in [0.15, 0.2) is 6.61 Å². The highest BCUT2D eigenvalue weighted by Crippen LogP contribution is 2.20. The van der Waals surface area contributed by atoms with E-state index in [1.165, 1.54) is 4.68 Å². The lowest BCUT2D eigenvalue weighted by atomic mass is 10.2. The van der Waals surface area contributed by atoms with Crippen molar-refractivity contribution in [2.24, 2.45) is 7.05 Å². The summed E-state index contributed by atoms with van der Waals surface area (Å²) in [5.41, 5.74) is 1.40. The maximum absolute atomic E-state index is 12.3. The lowest BCUT2D eigenvalue weighted by Crippen LogP contribution is -2.34. The van der Waals surface area contributed by atoms with Gasteiger partial charge in [-0.05, 0) is 26.0 Å². The molecule has 0 saturated heterocycles. The minimum atomic E-state index is -0.655. The summed E-state index contributed by atoms with van der Waals surface area (Å²) >= 11 is 6.01. The van der Waals surface area contributed by atoms with Crippen LogP contribution in [0.25, 0.3) is 0 Å². The van der Waals surface area contributed by atoms with Crippen molar-refractivity contribution in [2.75, 3.05) is 18.1 Å². The number of aromatic nitrogens is 2. The largest absolute Gasteiger partial charge is 0.452 e.